The standard InChI is InChI=1S/C15H25NO3S/c1-6-16-14(15(2,3)20(5,17)18)11-12-8-7-9-13(10-12)19-4/h7-10,14,16H,6,11H2,1-5H3. The van der Waals surface area contributed by atoms with Crippen molar-refractivity contribution in [2.24, 2.45) is 0 Å². The van der Waals surface area contributed by atoms with Gasteiger partial charge in [0.25, 0.3) is 0 Å². The quantitative estimate of drug-likeness (QED) is 0.837. The minimum absolute atomic E-state index is 0.144. The largest absolute Gasteiger partial charge is 0.497 e. The molecule has 0 heterocycles. The molecule has 1 unspecified atom stereocenters. The van der Waals surface area contributed by atoms with Crippen LogP contribution in [-0.2, 0) is 16.3 Å². The monoisotopic (exact) mass is 299 g/mol. The van der Waals surface area contributed by atoms with Crippen molar-refractivity contribution < 1.29 is 13.2 Å². The number of hydrogen-bond donors (Lipinski definition) is 1. The number of sulfone groups is 1. The molecule has 0 aliphatic carbocycles. The zero-order chi connectivity index (χ0) is 15.4. The van der Waals surface area contributed by atoms with Crippen molar-refractivity contribution in [1.29, 1.82) is 0 Å². The second-order valence-electron chi connectivity index (χ2n) is 5.54. The highest BCUT2D eigenvalue weighted by Crippen LogP contribution is 2.24. The number of methoxy groups -OCH3 is 1. The molecule has 0 amide bonds. The summed E-state index contributed by atoms with van der Waals surface area (Å²) in [6.07, 6.45) is 1.94. The van der Waals surface area contributed by atoms with Crippen LogP contribution >= 0.6 is 0 Å². The lowest BCUT2D eigenvalue weighted by atomic mass is 9.95. The van der Waals surface area contributed by atoms with Gasteiger partial charge in [-0.2, -0.15) is 0 Å². The Morgan fingerprint density at radius 2 is 2.00 bits per heavy atom. The van der Waals surface area contributed by atoms with Crippen molar-refractivity contribution in [2.45, 2.75) is 38.0 Å². The third kappa shape index (κ3) is 3.96. The van der Waals surface area contributed by atoms with E-state index < -0.39 is 14.6 Å². The van der Waals surface area contributed by atoms with Gasteiger partial charge in [-0.05, 0) is 44.5 Å². The topological polar surface area (TPSA) is 55.4 Å². The highest BCUT2D eigenvalue weighted by atomic mass is 32.2. The van der Waals surface area contributed by atoms with E-state index in [2.05, 4.69) is 5.32 Å². The Hall–Kier alpha value is -1.07. The van der Waals surface area contributed by atoms with E-state index in [9.17, 15) is 8.42 Å². The van der Waals surface area contributed by atoms with Crippen molar-refractivity contribution in [3.8, 4) is 5.75 Å². The molecule has 114 valence electrons. The number of nitrogens with one attached hydrogen (secondary N) is 1. The normalized spacial score (nSPS) is 14.1. The van der Waals surface area contributed by atoms with E-state index in [-0.39, 0.29) is 6.04 Å². The van der Waals surface area contributed by atoms with Gasteiger partial charge in [-0.3, -0.25) is 0 Å². The highest BCUT2D eigenvalue weighted by molar-refractivity contribution is 7.92. The molecule has 1 N–H and O–H groups in total. The van der Waals surface area contributed by atoms with Gasteiger partial charge in [0.15, 0.2) is 9.84 Å². The summed E-state index contributed by atoms with van der Waals surface area (Å²) in [6.45, 7) is 6.26. The molecule has 0 saturated heterocycles. The van der Waals surface area contributed by atoms with Gasteiger partial charge in [-0.25, -0.2) is 8.42 Å². The predicted octanol–water partition coefficient (Wildman–Crippen LogP) is 2.04. The zero-order valence-corrected chi connectivity index (χ0v) is 13.8. The van der Waals surface area contributed by atoms with Crippen LogP contribution in [0.5, 0.6) is 5.75 Å². The van der Waals surface area contributed by atoms with Gasteiger partial charge in [0, 0.05) is 12.3 Å². The molecule has 0 saturated carbocycles. The molecule has 0 spiro atoms. The predicted molar refractivity (Wildman–Crippen MR) is 83.1 cm³/mol. The summed E-state index contributed by atoms with van der Waals surface area (Å²) in [5.74, 6) is 0.787. The minimum Gasteiger partial charge on any atom is -0.497 e. The molecule has 0 aliphatic rings. The molecule has 0 fully saturated rings. The Kier molecular flexibility index (Phi) is 5.59. The molecule has 1 rings (SSSR count). The maximum atomic E-state index is 12.0. The van der Waals surface area contributed by atoms with Gasteiger partial charge in [-0.1, -0.05) is 19.1 Å². The van der Waals surface area contributed by atoms with E-state index in [0.717, 1.165) is 17.9 Å². The smallest absolute Gasteiger partial charge is 0.154 e. The van der Waals surface area contributed by atoms with Crippen LogP contribution < -0.4 is 10.1 Å². The molecule has 1 atom stereocenters. The Bertz CT molecular complexity index is 538. The third-order valence-electron chi connectivity index (χ3n) is 3.82. The average molecular weight is 299 g/mol. The summed E-state index contributed by atoms with van der Waals surface area (Å²) < 4.78 is 28.4. The summed E-state index contributed by atoms with van der Waals surface area (Å²) in [6, 6.07) is 7.60. The van der Waals surface area contributed by atoms with Gasteiger partial charge in [-0.15, -0.1) is 0 Å². The van der Waals surface area contributed by atoms with Crippen LogP contribution in [-0.4, -0.2) is 39.1 Å². The second-order valence-corrected chi connectivity index (χ2v) is 8.14. The first-order valence-electron chi connectivity index (χ1n) is 6.78. The van der Waals surface area contributed by atoms with E-state index in [1.54, 1.807) is 21.0 Å². The maximum absolute atomic E-state index is 12.0. The van der Waals surface area contributed by atoms with Crippen LogP contribution in [0.3, 0.4) is 0 Å². The van der Waals surface area contributed by atoms with Crippen molar-refractivity contribution in [1.82, 2.24) is 5.32 Å². The third-order valence-corrected chi connectivity index (χ3v) is 6.02. The molecule has 20 heavy (non-hydrogen) atoms. The molecule has 4 nitrogen and oxygen atoms in total. The number of likely N-dealkylation sites (N-methyl/N-ethyl adjacent to an activating group) is 1. The Labute approximate surface area is 122 Å². The molecule has 1 aromatic rings. The van der Waals surface area contributed by atoms with Crippen LogP contribution in [0.15, 0.2) is 24.3 Å². The van der Waals surface area contributed by atoms with Crippen molar-refractivity contribution in [2.75, 3.05) is 19.9 Å². The maximum Gasteiger partial charge on any atom is 0.154 e. The van der Waals surface area contributed by atoms with Crippen LogP contribution in [0.25, 0.3) is 0 Å². The van der Waals surface area contributed by atoms with E-state index in [1.807, 2.05) is 31.2 Å². The van der Waals surface area contributed by atoms with Crippen LogP contribution in [0, 0.1) is 0 Å². The van der Waals surface area contributed by atoms with Crippen LogP contribution in [0.1, 0.15) is 26.3 Å². The number of hydrogen-bond acceptors (Lipinski definition) is 4. The van der Waals surface area contributed by atoms with Crippen molar-refractivity contribution in [3.63, 3.8) is 0 Å². The fourth-order valence-electron chi connectivity index (χ4n) is 2.10. The molecule has 0 radical (unpaired) electrons. The van der Waals surface area contributed by atoms with E-state index >= 15 is 0 Å². The number of benzene rings is 1. The Balaban J connectivity index is 3.03. The fraction of sp³-hybridized carbons (Fsp3) is 0.600. The summed E-state index contributed by atoms with van der Waals surface area (Å²) in [7, 11) is -1.53. The van der Waals surface area contributed by atoms with Gasteiger partial charge in [0.2, 0.25) is 0 Å². The highest BCUT2D eigenvalue weighted by Gasteiger charge is 2.38. The fourth-order valence-corrected chi connectivity index (χ4v) is 2.79. The molecule has 0 bridgehead atoms. The van der Waals surface area contributed by atoms with Crippen LogP contribution in [0.4, 0.5) is 0 Å². The molecule has 0 aliphatic heterocycles. The summed E-state index contributed by atoms with van der Waals surface area (Å²) >= 11 is 0. The van der Waals surface area contributed by atoms with E-state index in [4.69, 9.17) is 4.74 Å². The SMILES string of the molecule is CCNC(Cc1cccc(OC)c1)C(C)(C)S(C)(=O)=O. The lowest BCUT2D eigenvalue weighted by Gasteiger charge is -2.33. The van der Waals surface area contributed by atoms with Crippen LogP contribution in [0.2, 0.25) is 0 Å². The first-order chi connectivity index (χ1) is 9.22. The first kappa shape index (κ1) is 17.0. The minimum atomic E-state index is -3.15. The summed E-state index contributed by atoms with van der Waals surface area (Å²) in [5, 5.41) is 3.30. The average Bonchev–Trinajstić information content (AvgIpc) is 2.37. The van der Waals surface area contributed by atoms with Gasteiger partial charge >= 0.3 is 0 Å². The molecule has 1 aromatic carbocycles. The number of rotatable bonds is 7. The first-order valence-corrected chi connectivity index (χ1v) is 8.67. The van der Waals surface area contributed by atoms with E-state index in [1.165, 1.54) is 6.26 Å². The van der Waals surface area contributed by atoms with Crippen molar-refractivity contribution >= 4 is 9.84 Å². The van der Waals surface area contributed by atoms with Gasteiger partial charge < -0.3 is 10.1 Å². The molecule has 5 heteroatoms. The molecular formula is C15H25NO3S. The molecular weight excluding hydrogens is 274 g/mol. The summed E-state index contributed by atoms with van der Waals surface area (Å²) in [5.41, 5.74) is 1.06. The van der Waals surface area contributed by atoms with Crippen molar-refractivity contribution in [3.05, 3.63) is 29.8 Å². The zero-order valence-electron chi connectivity index (χ0n) is 12.9. The number of ether oxygens (including phenoxy) is 1. The van der Waals surface area contributed by atoms with Gasteiger partial charge in [0.05, 0.1) is 11.9 Å². The van der Waals surface area contributed by atoms with E-state index in [0.29, 0.717) is 6.42 Å². The lowest BCUT2D eigenvalue weighted by Crippen LogP contribution is -2.52. The Morgan fingerprint density at radius 3 is 2.50 bits per heavy atom. The molecule has 0 aromatic heterocycles. The Morgan fingerprint density at radius 1 is 1.35 bits per heavy atom. The lowest BCUT2D eigenvalue weighted by molar-refractivity contribution is 0.406. The second kappa shape index (κ2) is 6.59. The van der Waals surface area contributed by atoms with Gasteiger partial charge in [0.1, 0.15) is 5.75 Å². The summed E-state index contributed by atoms with van der Waals surface area (Å²) in [4.78, 5) is 0.